The lowest BCUT2D eigenvalue weighted by Gasteiger charge is -2.07. The lowest BCUT2D eigenvalue weighted by atomic mass is 10.1. The average Bonchev–Trinajstić information content (AvgIpc) is 2.95. The van der Waals surface area contributed by atoms with E-state index < -0.39 is 18.5 Å². The van der Waals surface area contributed by atoms with Gasteiger partial charge in [0.05, 0.1) is 12.0 Å². The molecule has 1 N–H and O–H groups in total. The molecule has 0 bridgehead atoms. The molecule has 0 spiro atoms. The van der Waals surface area contributed by atoms with Gasteiger partial charge in [-0.3, -0.25) is 9.59 Å². The van der Waals surface area contributed by atoms with Crippen LogP contribution in [0.1, 0.15) is 11.1 Å². The molecule has 0 aliphatic carbocycles. The van der Waals surface area contributed by atoms with Crippen molar-refractivity contribution in [2.45, 2.75) is 6.42 Å². The summed E-state index contributed by atoms with van der Waals surface area (Å²) in [5, 5.41) is 14.3. The standard InChI is InChI=1S/C15H10Cl2N2O3S/c16-11-2-1-9(12(17)6-11)5-14(21)22-8-13(20)19-15-10(7-18)3-4-23-15/h1-4,6H,5,8H2,(H,19,20). The maximum atomic E-state index is 11.7. The molecule has 0 saturated heterocycles. The topological polar surface area (TPSA) is 79.2 Å². The van der Waals surface area contributed by atoms with E-state index in [1.54, 1.807) is 23.6 Å². The number of carbonyl (C=O) groups is 2. The Labute approximate surface area is 146 Å². The van der Waals surface area contributed by atoms with E-state index in [1.165, 1.54) is 17.4 Å². The third-order valence-electron chi connectivity index (χ3n) is 2.75. The van der Waals surface area contributed by atoms with Gasteiger partial charge in [0, 0.05) is 10.0 Å². The van der Waals surface area contributed by atoms with E-state index in [0.717, 1.165) is 0 Å². The average molecular weight is 369 g/mol. The van der Waals surface area contributed by atoms with Crippen molar-refractivity contribution in [3.8, 4) is 6.07 Å². The number of thiophene rings is 1. The van der Waals surface area contributed by atoms with E-state index in [-0.39, 0.29) is 6.42 Å². The summed E-state index contributed by atoms with van der Waals surface area (Å²) in [6, 6.07) is 8.31. The Bertz CT molecular complexity index is 783. The molecule has 0 atom stereocenters. The van der Waals surface area contributed by atoms with Crippen LogP contribution >= 0.6 is 34.5 Å². The summed E-state index contributed by atoms with van der Waals surface area (Å²) >= 11 is 13.0. The molecule has 1 aromatic carbocycles. The van der Waals surface area contributed by atoms with Crippen molar-refractivity contribution in [1.82, 2.24) is 0 Å². The van der Waals surface area contributed by atoms with E-state index in [0.29, 0.717) is 26.2 Å². The summed E-state index contributed by atoms with van der Waals surface area (Å²) < 4.78 is 4.89. The Balaban J connectivity index is 1.84. The van der Waals surface area contributed by atoms with E-state index >= 15 is 0 Å². The smallest absolute Gasteiger partial charge is 0.310 e. The third kappa shape index (κ3) is 4.96. The summed E-state index contributed by atoms with van der Waals surface area (Å²) in [7, 11) is 0. The molecule has 2 rings (SSSR count). The lowest BCUT2D eigenvalue weighted by Crippen LogP contribution is -2.21. The van der Waals surface area contributed by atoms with Crippen LogP contribution in [0.4, 0.5) is 5.00 Å². The van der Waals surface area contributed by atoms with Gasteiger partial charge in [-0.1, -0.05) is 29.3 Å². The second-order valence-electron chi connectivity index (χ2n) is 4.40. The minimum Gasteiger partial charge on any atom is -0.455 e. The molecule has 1 aromatic heterocycles. The van der Waals surface area contributed by atoms with Crippen molar-refractivity contribution in [3.63, 3.8) is 0 Å². The highest BCUT2D eigenvalue weighted by Crippen LogP contribution is 2.22. The van der Waals surface area contributed by atoms with Gasteiger partial charge in [0.15, 0.2) is 6.61 Å². The number of hydrogen-bond donors (Lipinski definition) is 1. The summed E-state index contributed by atoms with van der Waals surface area (Å²) in [4.78, 5) is 23.4. The quantitative estimate of drug-likeness (QED) is 0.816. The van der Waals surface area contributed by atoms with Crippen LogP contribution in [-0.4, -0.2) is 18.5 Å². The second-order valence-corrected chi connectivity index (χ2v) is 6.16. The molecule has 0 aliphatic rings. The van der Waals surface area contributed by atoms with Crippen LogP contribution in [0.2, 0.25) is 10.0 Å². The molecule has 0 radical (unpaired) electrons. The molecule has 0 saturated carbocycles. The number of hydrogen-bond acceptors (Lipinski definition) is 5. The molecule has 0 unspecified atom stereocenters. The van der Waals surface area contributed by atoms with Crippen molar-refractivity contribution < 1.29 is 14.3 Å². The normalized spacial score (nSPS) is 9.96. The monoisotopic (exact) mass is 368 g/mol. The van der Waals surface area contributed by atoms with Gasteiger partial charge in [-0.15, -0.1) is 11.3 Å². The number of carbonyl (C=O) groups excluding carboxylic acids is 2. The summed E-state index contributed by atoms with van der Waals surface area (Å²) in [6.45, 7) is -0.438. The summed E-state index contributed by atoms with van der Waals surface area (Å²) in [6.07, 6.45) is -0.0638. The third-order valence-corrected chi connectivity index (χ3v) is 4.17. The second kappa shape index (κ2) is 7.97. The molecule has 1 heterocycles. The summed E-state index contributed by atoms with van der Waals surface area (Å²) in [5.41, 5.74) is 0.925. The predicted molar refractivity (Wildman–Crippen MR) is 88.8 cm³/mol. The van der Waals surface area contributed by atoms with E-state index in [4.69, 9.17) is 33.2 Å². The largest absolute Gasteiger partial charge is 0.455 e. The first kappa shape index (κ1) is 17.3. The molecule has 0 aliphatic heterocycles. The maximum absolute atomic E-state index is 11.7. The lowest BCUT2D eigenvalue weighted by molar-refractivity contribution is -0.146. The number of esters is 1. The van der Waals surface area contributed by atoms with Crippen molar-refractivity contribution in [1.29, 1.82) is 5.26 Å². The van der Waals surface area contributed by atoms with Crippen molar-refractivity contribution >= 4 is 51.4 Å². The number of nitrogens with zero attached hydrogens (tertiary/aromatic N) is 1. The van der Waals surface area contributed by atoms with E-state index in [9.17, 15) is 9.59 Å². The Kier molecular flexibility index (Phi) is 5.99. The fourth-order valence-corrected chi connectivity index (χ4v) is 2.90. The van der Waals surface area contributed by atoms with Crippen LogP contribution in [0.15, 0.2) is 29.6 Å². The minimum atomic E-state index is -0.587. The van der Waals surface area contributed by atoms with Gasteiger partial charge in [-0.05, 0) is 29.1 Å². The maximum Gasteiger partial charge on any atom is 0.310 e. The number of nitrogens with one attached hydrogen (secondary N) is 1. The van der Waals surface area contributed by atoms with E-state index in [2.05, 4.69) is 5.32 Å². The molecule has 2 aromatic rings. The highest BCUT2D eigenvalue weighted by molar-refractivity contribution is 7.14. The van der Waals surface area contributed by atoms with Gasteiger partial charge in [-0.25, -0.2) is 0 Å². The van der Waals surface area contributed by atoms with Gasteiger partial charge in [0.2, 0.25) is 0 Å². The fourth-order valence-electron chi connectivity index (χ4n) is 1.67. The fraction of sp³-hybridized carbons (Fsp3) is 0.133. The van der Waals surface area contributed by atoms with Crippen LogP contribution in [0.25, 0.3) is 0 Å². The number of benzene rings is 1. The van der Waals surface area contributed by atoms with Gasteiger partial charge < -0.3 is 10.1 Å². The zero-order chi connectivity index (χ0) is 16.8. The molecule has 5 nitrogen and oxygen atoms in total. The predicted octanol–water partition coefficient (Wildman–Crippen LogP) is 3.65. The number of nitriles is 1. The molecular weight excluding hydrogens is 359 g/mol. The Morgan fingerprint density at radius 1 is 1.30 bits per heavy atom. The van der Waals surface area contributed by atoms with Gasteiger partial charge in [-0.2, -0.15) is 5.26 Å². The first-order valence-corrected chi connectivity index (χ1v) is 8.00. The van der Waals surface area contributed by atoms with Gasteiger partial charge >= 0.3 is 5.97 Å². The Morgan fingerprint density at radius 2 is 2.09 bits per heavy atom. The molecule has 1 amide bonds. The Morgan fingerprint density at radius 3 is 2.78 bits per heavy atom. The van der Waals surface area contributed by atoms with Crippen molar-refractivity contribution in [3.05, 3.63) is 50.8 Å². The van der Waals surface area contributed by atoms with Gasteiger partial charge in [0.25, 0.3) is 5.91 Å². The van der Waals surface area contributed by atoms with Crippen LogP contribution in [-0.2, 0) is 20.7 Å². The molecule has 23 heavy (non-hydrogen) atoms. The van der Waals surface area contributed by atoms with Crippen LogP contribution in [0.5, 0.6) is 0 Å². The zero-order valence-corrected chi connectivity index (χ0v) is 14.0. The molecule has 118 valence electrons. The minimum absolute atomic E-state index is 0.0638. The summed E-state index contributed by atoms with van der Waals surface area (Å²) in [5.74, 6) is -1.10. The first-order valence-electron chi connectivity index (χ1n) is 6.36. The number of amides is 1. The number of anilines is 1. The van der Waals surface area contributed by atoms with Gasteiger partial charge in [0.1, 0.15) is 11.1 Å². The van der Waals surface area contributed by atoms with Crippen LogP contribution in [0.3, 0.4) is 0 Å². The van der Waals surface area contributed by atoms with Crippen molar-refractivity contribution in [2.24, 2.45) is 0 Å². The molecule has 8 heteroatoms. The number of ether oxygens (including phenoxy) is 1. The Hall–Kier alpha value is -2.07. The highest BCUT2D eigenvalue weighted by atomic mass is 35.5. The molecule has 0 fully saturated rings. The number of halogens is 2. The first-order chi connectivity index (χ1) is 11.0. The highest BCUT2D eigenvalue weighted by Gasteiger charge is 2.13. The van der Waals surface area contributed by atoms with Crippen molar-refractivity contribution in [2.75, 3.05) is 11.9 Å². The number of rotatable bonds is 5. The SMILES string of the molecule is N#Cc1ccsc1NC(=O)COC(=O)Cc1ccc(Cl)cc1Cl. The van der Waals surface area contributed by atoms with Crippen LogP contribution in [0, 0.1) is 11.3 Å². The zero-order valence-electron chi connectivity index (χ0n) is 11.6. The van der Waals surface area contributed by atoms with Crippen LogP contribution < -0.4 is 5.32 Å². The van der Waals surface area contributed by atoms with E-state index in [1.807, 2.05) is 6.07 Å². The molecular formula is C15H10Cl2N2O3S.